The van der Waals surface area contributed by atoms with Gasteiger partial charge in [-0.15, -0.1) is 0 Å². The van der Waals surface area contributed by atoms with Gasteiger partial charge in [0.15, 0.2) is 11.6 Å². The van der Waals surface area contributed by atoms with Gasteiger partial charge in [0.05, 0.1) is 21.9 Å². The molecule has 6 aromatic rings. The highest BCUT2D eigenvalue weighted by Gasteiger charge is 2.28. The molecule has 2 heterocycles. The Morgan fingerprint density at radius 1 is 0.630 bits per heavy atom. The number of fused-ring (bicyclic) bond motifs is 1. The molecular formula is C32H26N6O8. The van der Waals surface area contributed by atoms with Crippen LogP contribution in [0.2, 0.25) is 0 Å². The van der Waals surface area contributed by atoms with Gasteiger partial charge in [0.2, 0.25) is 0 Å². The van der Waals surface area contributed by atoms with Crippen molar-refractivity contribution in [1.29, 1.82) is 0 Å². The molecule has 46 heavy (non-hydrogen) atoms. The minimum Gasteiger partial charge on any atom is -0.508 e. The molecule has 4 N–H and O–H groups in total. The highest BCUT2D eigenvalue weighted by molar-refractivity contribution is 5.94. The Hall–Kier alpha value is -6.44. The van der Waals surface area contributed by atoms with E-state index in [4.69, 9.17) is 9.05 Å². The zero-order valence-electron chi connectivity index (χ0n) is 24.4. The van der Waals surface area contributed by atoms with Crippen molar-refractivity contribution in [2.24, 2.45) is 0 Å². The summed E-state index contributed by atoms with van der Waals surface area (Å²) < 4.78 is 10.5. The van der Waals surface area contributed by atoms with Crippen molar-refractivity contribution in [2.75, 3.05) is 10.6 Å². The summed E-state index contributed by atoms with van der Waals surface area (Å²) in [6.07, 6.45) is 0. The molecule has 0 saturated carbocycles. The number of anilines is 2. The third-order valence-electron chi connectivity index (χ3n) is 7.53. The number of aryl methyl sites for hydroxylation is 2. The van der Waals surface area contributed by atoms with Crippen LogP contribution in [0.15, 0.2) is 94.0 Å². The van der Waals surface area contributed by atoms with Crippen LogP contribution in [0.4, 0.5) is 23.0 Å². The Labute approximate surface area is 260 Å². The molecule has 0 saturated heterocycles. The van der Waals surface area contributed by atoms with E-state index in [0.717, 1.165) is 0 Å². The number of nitrogens with zero attached hydrogens (tertiary/aromatic N) is 4. The fourth-order valence-electron chi connectivity index (χ4n) is 5.42. The van der Waals surface area contributed by atoms with Crippen LogP contribution in [0.3, 0.4) is 0 Å². The number of nitro groups is 2. The standard InChI is InChI=1S/C32H26N6O8/c1-17-15-27(35-45-17)33-31(19-3-7-21(8-4-19)37(41)42)29-23-11-14-26(40)30(24(23)12-13-25(29)39)32(34-28-16-18(2)46-36-28)20-5-9-22(10-6-20)38(43)44/h3-16,31-32,39-40H,1-2H3,(H,33,35)(H,34,36)/t31-,32-/m1/s1. The third kappa shape index (κ3) is 5.74. The molecule has 4 aromatic carbocycles. The number of non-ortho nitro benzene ring substituents is 2. The van der Waals surface area contributed by atoms with Crippen molar-refractivity contribution in [1.82, 2.24) is 10.3 Å². The number of aromatic nitrogens is 2. The lowest BCUT2D eigenvalue weighted by Crippen LogP contribution is -2.16. The topological polar surface area (TPSA) is 203 Å². The summed E-state index contributed by atoms with van der Waals surface area (Å²) in [5, 5.41) is 61.1. The van der Waals surface area contributed by atoms with E-state index in [-0.39, 0.29) is 22.9 Å². The smallest absolute Gasteiger partial charge is 0.269 e. The monoisotopic (exact) mass is 622 g/mol. The van der Waals surface area contributed by atoms with Crippen LogP contribution in [0.25, 0.3) is 10.8 Å². The SMILES string of the molecule is Cc1cc(N[C@H](c2ccc([N+](=O)[O-])cc2)c2c(O)ccc3c([C@H](Nc4cc(C)on4)c4ccc([N+](=O)[O-])cc4)c(O)ccc23)no1. The van der Waals surface area contributed by atoms with Crippen LogP contribution < -0.4 is 10.6 Å². The molecule has 232 valence electrons. The average molecular weight is 623 g/mol. The van der Waals surface area contributed by atoms with Gasteiger partial charge in [0.1, 0.15) is 23.0 Å². The molecule has 0 fully saturated rings. The number of hydrogen-bond acceptors (Lipinski definition) is 12. The second-order valence-electron chi connectivity index (χ2n) is 10.6. The molecule has 0 aliphatic carbocycles. The molecule has 2 aromatic heterocycles. The first-order valence-corrected chi connectivity index (χ1v) is 13.9. The van der Waals surface area contributed by atoms with Gasteiger partial charge >= 0.3 is 0 Å². The van der Waals surface area contributed by atoms with E-state index in [1.165, 1.54) is 36.4 Å². The van der Waals surface area contributed by atoms with E-state index in [0.29, 0.717) is 56.2 Å². The van der Waals surface area contributed by atoms with Crippen molar-refractivity contribution in [3.8, 4) is 11.5 Å². The highest BCUT2D eigenvalue weighted by atomic mass is 16.6. The van der Waals surface area contributed by atoms with Crippen LogP contribution in [0, 0.1) is 34.1 Å². The number of phenolic OH excluding ortho intramolecular Hbond substituents is 2. The number of aromatic hydroxyl groups is 2. The normalized spacial score (nSPS) is 12.5. The number of hydrogen-bond donors (Lipinski definition) is 4. The van der Waals surface area contributed by atoms with E-state index < -0.39 is 21.9 Å². The molecule has 0 unspecified atom stereocenters. The predicted octanol–water partition coefficient (Wildman–Crippen LogP) is 7.06. The van der Waals surface area contributed by atoms with Gasteiger partial charge in [0, 0.05) is 47.5 Å². The molecular weight excluding hydrogens is 596 g/mol. The first kappa shape index (κ1) is 29.6. The molecule has 0 bridgehead atoms. The molecule has 0 radical (unpaired) electrons. The number of nitro benzene ring substituents is 2. The minimum absolute atomic E-state index is 0.0906. The quantitative estimate of drug-likeness (QED) is 0.0895. The zero-order chi connectivity index (χ0) is 32.5. The fourth-order valence-corrected chi connectivity index (χ4v) is 5.42. The number of benzene rings is 4. The first-order valence-electron chi connectivity index (χ1n) is 13.9. The molecule has 6 rings (SSSR count). The zero-order valence-corrected chi connectivity index (χ0v) is 24.4. The van der Waals surface area contributed by atoms with Crippen molar-refractivity contribution < 1.29 is 29.1 Å². The Morgan fingerprint density at radius 3 is 1.30 bits per heavy atom. The first-order chi connectivity index (χ1) is 22.1. The van der Waals surface area contributed by atoms with Gasteiger partial charge in [-0.2, -0.15) is 0 Å². The van der Waals surface area contributed by atoms with Crippen molar-refractivity contribution in [3.63, 3.8) is 0 Å². The molecule has 0 amide bonds. The Kier molecular flexibility index (Phi) is 7.68. The van der Waals surface area contributed by atoms with E-state index >= 15 is 0 Å². The van der Waals surface area contributed by atoms with Crippen LogP contribution in [0.1, 0.15) is 45.9 Å². The summed E-state index contributed by atoms with van der Waals surface area (Å²) in [7, 11) is 0. The predicted molar refractivity (Wildman–Crippen MR) is 167 cm³/mol. The lowest BCUT2D eigenvalue weighted by atomic mass is 9.87. The van der Waals surface area contributed by atoms with Gasteiger partial charge in [0.25, 0.3) is 11.4 Å². The van der Waals surface area contributed by atoms with Crippen LogP contribution in [-0.4, -0.2) is 30.4 Å². The van der Waals surface area contributed by atoms with Gasteiger partial charge in [-0.05, 0) is 72.1 Å². The number of rotatable bonds is 10. The Morgan fingerprint density at radius 2 is 1.00 bits per heavy atom. The summed E-state index contributed by atoms with van der Waals surface area (Å²) in [6.45, 7) is 3.45. The van der Waals surface area contributed by atoms with Crippen molar-refractivity contribution in [3.05, 3.63) is 139 Å². The van der Waals surface area contributed by atoms with E-state index in [2.05, 4.69) is 20.9 Å². The van der Waals surface area contributed by atoms with Crippen LogP contribution in [-0.2, 0) is 0 Å². The number of phenols is 2. The maximum absolute atomic E-state index is 11.4. The Bertz CT molecular complexity index is 1920. The van der Waals surface area contributed by atoms with Crippen LogP contribution in [0.5, 0.6) is 11.5 Å². The fraction of sp³-hybridized carbons (Fsp3) is 0.125. The van der Waals surface area contributed by atoms with Gasteiger partial charge in [-0.1, -0.05) is 22.4 Å². The summed E-state index contributed by atoms with van der Waals surface area (Å²) in [5.74, 6) is 1.63. The Balaban J connectivity index is 1.56. The summed E-state index contributed by atoms with van der Waals surface area (Å²) in [5.41, 5.74) is 1.74. The number of nitrogens with one attached hydrogen (secondary N) is 2. The molecule has 14 heteroatoms. The largest absolute Gasteiger partial charge is 0.508 e. The maximum atomic E-state index is 11.4. The maximum Gasteiger partial charge on any atom is 0.269 e. The molecule has 0 spiro atoms. The lowest BCUT2D eigenvalue weighted by Gasteiger charge is -2.25. The lowest BCUT2D eigenvalue weighted by molar-refractivity contribution is -0.385. The van der Waals surface area contributed by atoms with Gasteiger partial charge < -0.3 is 29.9 Å². The van der Waals surface area contributed by atoms with E-state index in [9.17, 15) is 30.4 Å². The molecule has 0 aliphatic rings. The average Bonchev–Trinajstić information content (AvgIpc) is 3.66. The molecule has 2 atom stereocenters. The highest BCUT2D eigenvalue weighted by Crippen LogP contribution is 2.44. The second kappa shape index (κ2) is 11.9. The summed E-state index contributed by atoms with van der Waals surface area (Å²) in [6, 6.07) is 19.9. The third-order valence-corrected chi connectivity index (χ3v) is 7.53. The molecule has 0 aliphatic heterocycles. The van der Waals surface area contributed by atoms with E-state index in [1.54, 1.807) is 62.4 Å². The summed E-state index contributed by atoms with van der Waals surface area (Å²) in [4.78, 5) is 21.7. The molecule has 14 nitrogen and oxygen atoms in total. The van der Waals surface area contributed by atoms with Crippen molar-refractivity contribution >= 4 is 33.8 Å². The van der Waals surface area contributed by atoms with Gasteiger partial charge in [-0.25, -0.2) is 0 Å². The summed E-state index contributed by atoms with van der Waals surface area (Å²) >= 11 is 0. The second-order valence-corrected chi connectivity index (χ2v) is 10.6. The minimum atomic E-state index is -0.782. The van der Waals surface area contributed by atoms with Crippen LogP contribution >= 0.6 is 0 Å². The van der Waals surface area contributed by atoms with Gasteiger partial charge in [-0.3, -0.25) is 20.2 Å². The van der Waals surface area contributed by atoms with E-state index in [1.807, 2.05) is 0 Å². The van der Waals surface area contributed by atoms with Crippen molar-refractivity contribution in [2.45, 2.75) is 25.9 Å².